The molecule has 196 valence electrons. The highest BCUT2D eigenvalue weighted by Gasteiger charge is 2.31. The van der Waals surface area contributed by atoms with Gasteiger partial charge < -0.3 is 10.2 Å². The molecule has 1 N–H and O–H groups in total. The van der Waals surface area contributed by atoms with Gasteiger partial charge in [0, 0.05) is 40.4 Å². The number of carbonyl (C=O) groups excluding carboxylic acids is 2. The van der Waals surface area contributed by atoms with Gasteiger partial charge in [0.15, 0.2) is 0 Å². The minimum Gasteiger partial charge on any atom is -0.352 e. The molecule has 0 spiro atoms. The van der Waals surface area contributed by atoms with E-state index in [4.69, 9.17) is 23.2 Å². The van der Waals surface area contributed by atoms with E-state index in [1.807, 2.05) is 92.7 Å². The van der Waals surface area contributed by atoms with E-state index in [0.29, 0.717) is 29.3 Å². The predicted molar refractivity (Wildman–Crippen MR) is 155 cm³/mol. The second-order valence-electron chi connectivity index (χ2n) is 9.04. The Morgan fingerprint density at radius 2 is 1.62 bits per heavy atom. The van der Waals surface area contributed by atoms with E-state index in [9.17, 15) is 9.59 Å². The van der Waals surface area contributed by atoms with Crippen LogP contribution < -0.4 is 5.32 Å². The Morgan fingerprint density at radius 3 is 2.30 bits per heavy atom. The minimum atomic E-state index is -0.649. The molecule has 0 radical (unpaired) electrons. The summed E-state index contributed by atoms with van der Waals surface area (Å²) in [5.41, 5.74) is 1.82. The van der Waals surface area contributed by atoms with Gasteiger partial charge in [0.25, 0.3) is 0 Å². The van der Waals surface area contributed by atoms with Gasteiger partial charge in [-0.15, -0.1) is 11.8 Å². The van der Waals surface area contributed by atoms with Crippen molar-refractivity contribution in [3.05, 3.63) is 100 Å². The zero-order valence-electron chi connectivity index (χ0n) is 21.3. The average molecular weight is 558 g/mol. The lowest BCUT2D eigenvalue weighted by Gasteiger charge is -2.32. The summed E-state index contributed by atoms with van der Waals surface area (Å²) < 4.78 is 0. The normalized spacial score (nSPS) is 12.5. The van der Waals surface area contributed by atoms with Crippen LogP contribution >= 0.6 is 35.0 Å². The highest BCUT2D eigenvalue weighted by Crippen LogP contribution is 2.24. The van der Waals surface area contributed by atoms with Crippen LogP contribution in [0.5, 0.6) is 0 Å². The van der Waals surface area contributed by atoms with Gasteiger partial charge in [-0.2, -0.15) is 0 Å². The fourth-order valence-corrected chi connectivity index (χ4v) is 5.07. The summed E-state index contributed by atoms with van der Waals surface area (Å²) in [6, 6.07) is 24.4. The van der Waals surface area contributed by atoms with Gasteiger partial charge in [-0.1, -0.05) is 78.7 Å². The standard InChI is InChI=1S/C30H34Cl2N2O2S/c1-3-22(2)33-30(36)28(20-23-10-5-4-6-11-23)34(21-24-12-7-8-13-27(24)32)29(35)14-9-19-37-26-17-15-25(31)16-18-26/h4-8,10-13,15-18,22,28H,3,9,14,19-21H2,1-2H3,(H,33,36)/t22-,28-/m1/s1. The van der Waals surface area contributed by atoms with Crippen molar-refractivity contribution >= 4 is 46.8 Å². The molecule has 0 aliphatic heterocycles. The van der Waals surface area contributed by atoms with E-state index in [-0.39, 0.29) is 24.4 Å². The summed E-state index contributed by atoms with van der Waals surface area (Å²) in [7, 11) is 0. The van der Waals surface area contributed by atoms with Crippen LogP contribution in [0.3, 0.4) is 0 Å². The lowest BCUT2D eigenvalue weighted by atomic mass is 10.0. The van der Waals surface area contributed by atoms with Crippen LogP contribution in [-0.4, -0.2) is 34.6 Å². The number of hydrogen-bond donors (Lipinski definition) is 1. The molecule has 4 nitrogen and oxygen atoms in total. The molecule has 0 saturated carbocycles. The van der Waals surface area contributed by atoms with Gasteiger partial charge in [0.1, 0.15) is 6.04 Å². The Balaban J connectivity index is 1.80. The van der Waals surface area contributed by atoms with Gasteiger partial charge >= 0.3 is 0 Å². The first-order chi connectivity index (χ1) is 17.9. The molecule has 3 aromatic carbocycles. The van der Waals surface area contributed by atoms with Crippen molar-refractivity contribution in [2.45, 2.75) is 63.1 Å². The highest BCUT2D eigenvalue weighted by atomic mass is 35.5. The SMILES string of the molecule is CC[C@@H](C)NC(=O)[C@@H](Cc1ccccc1)N(Cc1ccccc1Cl)C(=O)CCCSc1ccc(Cl)cc1. The summed E-state index contributed by atoms with van der Waals surface area (Å²) in [5, 5.41) is 4.38. The third-order valence-electron chi connectivity index (χ3n) is 6.19. The van der Waals surface area contributed by atoms with Crippen molar-refractivity contribution in [2.24, 2.45) is 0 Å². The van der Waals surface area contributed by atoms with Crippen molar-refractivity contribution in [3.8, 4) is 0 Å². The number of halogens is 2. The van der Waals surface area contributed by atoms with E-state index in [1.54, 1.807) is 16.7 Å². The van der Waals surface area contributed by atoms with Crippen LogP contribution in [0.2, 0.25) is 10.0 Å². The molecule has 0 unspecified atom stereocenters. The fourth-order valence-electron chi connectivity index (χ4n) is 3.89. The zero-order valence-corrected chi connectivity index (χ0v) is 23.7. The monoisotopic (exact) mass is 556 g/mol. The van der Waals surface area contributed by atoms with E-state index in [1.165, 1.54) is 0 Å². The summed E-state index contributed by atoms with van der Waals surface area (Å²) in [5.74, 6) is 0.585. The average Bonchev–Trinajstić information content (AvgIpc) is 2.91. The molecule has 3 aromatic rings. The third-order valence-corrected chi connectivity index (χ3v) is 7.91. The first-order valence-electron chi connectivity index (χ1n) is 12.6. The molecule has 2 amide bonds. The van der Waals surface area contributed by atoms with Crippen LogP contribution in [0.15, 0.2) is 83.8 Å². The molecular formula is C30H34Cl2N2O2S. The Labute approximate surface area is 234 Å². The van der Waals surface area contributed by atoms with Gasteiger partial charge in [-0.05, 0) is 67.0 Å². The van der Waals surface area contributed by atoms with Crippen LogP contribution in [0.25, 0.3) is 0 Å². The topological polar surface area (TPSA) is 49.4 Å². The maximum absolute atomic E-state index is 13.7. The van der Waals surface area contributed by atoms with Gasteiger partial charge in [-0.25, -0.2) is 0 Å². The quantitative estimate of drug-likeness (QED) is 0.176. The zero-order chi connectivity index (χ0) is 26.6. The van der Waals surface area contributed by atoms with Crippen molar-refractivity contribution in [1.82, 2.24) is 10.2 Å². The molecule has 37 heavy (non-hydrogen) atoms. The Kier molecular flexibility index (Phi) is 11.8. The smallest absolute Gasteiger partial charge is 0.243 e. The van der Waals surface area contributed by atoms with E-state index in [2.05, 4.69) is 5.32 Å². The Hall–Kier alpha value is -2.47. The minimum absolute atomic E-state index is 0.0128. The number of thioether (sulfide) groups is 1. The van der Waals surface area contributed by atoms with Crippen molar-refractivity contribution in [2.75, 3.05) is 5.75 Å². The molecule has 7 heteroatoms. The van der Waals surface area contributed by atoms with Gasteiger partial charge in [-0.3, -0.25) is 9.59 Å². The van der Waals surface area contributed by atoms with Crippen LogP contribution in [0, 0.1) is 0 Å². The highest BCUT2D eigenvalue weighted by molar-refractivity contribution is 7.99. The number of hydrogen-bond acceptors (Lipinski definition) is 3. The van der Waals surface area contributed by atoms with Gasteiger partial charge in [0.05, 0.1) is 0 Å². The van der Waals surface area contributed by atoms with Crippen molar-refractivity contribution in [1.29, 1.82) is 0 Å². The molecule has 2 atom stereocenters. The third kappa shape index (κ3) is 9.41. The largest absolute Gasteiger partial charge is 0.352 e. The number of carbonyl (C=O) groups is 2. The molecule has 0 aromatic heterocycles. The maximum atomic E-state index is 13.7. The van der Waals surface area contributed by atoms with Gasteiger partial charge in [0.2, 0.25) is 11.8 Å². The second kappa shape index (κ2) is 15.1. The Morgan fingerprint density at radius 1 is 0.946 bits per heavy atom. The first-order valence-corrected chi connectivity index (χ1v) is 14.4. The summed E-state index contributed by atoms with van der Waals surface area (Å²) in [4.78, 5) is 30.0. The Bertz CT molecular complexity index is 1140. The number of nitrogens with one attached hydrogen (secondary N) is 1. The molecule has 3 rings (SSSR count). The molecule has 0 bridgehead atoms. The summed E-state index contributed by atoms with van der Waals surface area (Å²) in [6.45, 7) is 4.28. The van der Waals surface area contributed by atoms with E-state index < -0.39 is 6.04 Å². The maximum Gasteiger partial charge on any atom is 0.243 e. The predicted octanol–water partition coefficient (Wildman–Crippen LogP) is 7.42. The lowest BCUT2D eigenvalue weighted by Crippen LogP contribution is -2.52. The first kappa shape index (κ1) is 29.1. The molecule has 0 heterocycles. The van der Waals surface area contributed by atoms with Crippen molar-refractivity contribution in [3.63, 3.8) is 0 Å². The molecule has 0 fully saturated rings. The summed E-state index contributed by atoms with van der Waals surface area (Å²) in [6.07, 6.45) is 2.27. The molecule has 0 aliphatic carbocycles. The molecular weight excluding hydrogens is 523 g/mol. The fraction of sp³-hybridized carbons (Fsp3) is 0.333. The van der Waals surface area contributed by atoms with E-state index >= 15 is 0 Å². The summed E-state index contributed by atoms with van der Waals surface area (Å²) >= 11 is 14.1. The lowest BCUT2D eigenvalue weighted by molar-refractivity contribution is -0.141. The van der Waals surface area contributed by atoms with Crippen LogP contribution in [0.4, 0.5) is 0 Å². The number of amides is 2. The van der Waals surface area contributed by atoms with E-state index in [0.717, 1.165) is 28.2 Å². The number of benzene rings is 3. The van der Waals surface area contributed by atoms with Crippen LogP contribution in [-0.2, 0) is 22.6 Å². The second-order valence-corrected chi connectivity index (χ2v) is 11.1. The number of nitrogens with zero attached hydrogens (tertiary/aromatic N) is 1. The molecule has 0 aliphatic rings. The number of rotatable bonds is 13. The van der Waals surface area contributed by atoms with Crippen LogP contribution in [0.1, 0.15) is 44.2 Å². The molecule has 0 saturated heterocycles. The van der Waals surface area contributed by atoms with Crippen molar-refractivity contribution < 1.29 is 9.59 Å².